The molecule has 0 aliphatic rings. The molecule has 0 aliphatic heterocycles. The molecule has 0 N–H and O–H groups in total. The molecule has 24 heavy (non-hydrogen) atoms. The van der Waals surface area contributed by atoms with Crippen LogP contribution in [0.25, 0.3) is 11.4 Å². The topological polar surface area (TPSA) is 54.5 Å². The third-order valence-electron chi connectivity index (χ3n) is 3.47. The molecule has 0 radical (unpaired) electrons. The summed E-state index contributed by atoms with van der Waals surface area (Å²) < 4.78 is 15.1. The standard InChI is InChI=1S/C18H15FN4S/c1-13(11-20)24-18-22-21-17(15-7-9-16(19)10-8-15)23(18)12-14-5-3-2-4-6-14/h2-10,13H,12H2,1H3/t13-/m0/s1. The molecule has 1 atom stereocenters. The summed E-state index contributed by atoms with van der Waals surface area (Å²) in [5.74, 6) is 0.368. The molecule has 6 heteroatoms. The van der Waals surface area contributed by atoms with Crippen molar-refractivity contribution >= 4 is 11.8 Å². The second-order valence-corrected chi connectivity index (χ2v) is 6.58. The average molecular weight is 338 g/mol. The Kier molecular flexibility index (Phi) is 4.92. The molecule has 0 bridgehead atoms. The number of thioether (sulfide) groups is 1. The lowest BCUT2D eigenvalue weighted by molar-refractivity contribution is 0.628. The Balaban J connectivity index is 2.02. The fraction of sp³-hybridized carbons (Fsp3) is 0.167. The highest BCUT2D eigenvalue weighted by molar-refractivity contribution is 8.00. The Bertz CT molecular complexity index is 853. The van der Waals surface area contributed by atoms with Gasteiger partial charge in [0.05, 0.1) is 17.9 Å². The maximum Gasteiger partial charge on any atom is 0.193 e. The van der Waals surface area contributed by atoms with Gasteiger partial charge in [0.2, 0.25) is 0 Å². The largest absolute Gasteiger partial charge is 0.298 e. The lowest BCUT2D eigenvalue weighted by Gasteiger charge is -2.11. The molecular formula is C18H15FN4S. The third kappa shape index (κ3) is 3.63. The van der Waals surface area contributed by atoms with Crippen molar-refractivity contribution in [2.24, 2.45) is 0 Å². The van der Waals surface area contributed by atoms with Gasteiger partial charge in [0.1, 0.15) is 5.82 Å². The maximum absolute atomic E-state index is 13.2. The van der Waals surface area contributed by atoms with Crippen LogP contribution in [0.5, 0.6) is 0 Å². The number of hydrogen-bond donors (Lipinski definition) is 0. The molecule has 1 heterocycles. The summed E-state index contributed by atoms with van der Waals surface area (Å²) in [4.78, 5) is 0. The van der Waals surface area contributed by atoms with Crippen LogP contribution in [0.4, 0.5) is 4.39 Å². The van der Waals surface area contributed by atoms with E-state index in [1.165, 1.54) is 23.9 Å². The maximum atomic E-state index is 13.2. The first kappa shape index (κ1) is 16.2. The van der Waals surface area contributed by atoms with E-state index in [0.717, 1.165) is 11.1 Å². The van der Waals surface area contributed by atoms with Gasteiger partial charge < -0.3 is 0 Å². The fourth-order valence-electron chi connectivity index (χ4n) is 2.28. The highest BCUT2D eigenvalue weighted by Gasteiger charge is 2.17. The van der Waals surface area contributed by atoms with Crippen molar-refractivity contribution in [1.29, 1.82) is 5.26 Å². The summed E-state index contributed by atoms with van der Waals surface area (Å²) in [7, 11) is 0. The predicted molar refractivity (Wildman–Crippen MR) is 91.9 cm³/mol. The smallest absolute Gasteiger partial charge is 0.193 e. The van der Waals surface area contributed by atoms with Gasteiger partial charge >= 0.3 is 0 Å². The zero-order valence-electron chi connectivity index (χ0n) is 13.1. The molecule has 3 aromatic rings. The van der Waals surface area contributed by atoms with Gasteiger partial charge in [0.25, 0.3) is 0 Å². The van der Waals surface area contributed by atoms with E-state index in [-0.39, 0.29) is 11.1 Å². The van der Waals surface area contributed by atoms with Crippen LogP contribution >= 0.6 is 11.8 Å². The van der Waals surface area contributed by atoms with Crippen LogP contribution in [0, 0.1) is 17.1 Å². The molecule has 120 valence electrons. The van der Waals surface area contributed by atoms with Crippen LogP contribution in [0.2, 0.25) is 0 Å². The molecule has 3 rings (SSSR count). The highest BCUT2D eigenvalue weighted by atomic mass is 32.2. The van der Waals surface area contributed by atoms with E-state index in [4.69, 9.17) is 5.26 Å². The molecule has 0 saturated carbocycles. The van der Waals surface area contributed by atoms with E-state index in [2.05, 4.69) is 16.3 Å². The van der Waals surface area contributed by atoms with Gasteiger partial charge in [0, 0.05) is 5.56 Å². The summed E-state index contributed by atoms with van der Waals surface area (Å²) in [5, 5.41) is 18.0. The second-order valence-electron chi connectivity index (χ2n) is 5.27. The Morgan fingerprint density at radius 2 is 1.83 bits per heavy atom. The molecule has 0 amide bonds. The lowest BCUT2D eigenvalue weighted by Crippen LogP contribution is -2.05. The number of nitriles is 1. The predicted octanol–water partition coefficient (Wildman–Crippen LogP) is 4.14. The quantitative estimate of drug-likeness (QED) is 0.656. The van der Waals surface area contributed by atoms with Crippen molar-refractivity contribution < 1.29 is 4.39 Å². The van der Waals surface area contributed by atoms with Crippen LogP contribution in [0.15, 0.2) is 59.8 Å². The first-order valence-electron chi connectivity index (χ1n) is 7.46. The molecule has 0 spiro atoms. The second kappa shape index (κ2) is 7.28. The van der Waals surface area contributed by atoms with Crippen molar-refractivity contribution in [3.63, 3.8) is 0 Å². The normalized spacial score (nSPS) is 11.9. The Morgan fingerprint density at radius 3 is 2.50 bits per heavy atom. The number of aromatic nitrogens is 3. The van der Waals surface area contributed by atoms with Crippen molar-refractivity contribution in [1.82, 2.24) is 14.8 Å². The number of hydrogen-bond acceptors (Lipinski definition) is 4. The molecule has 4 nitrogen and oxygen atoms in total. The average Bonchev–Trinajstić information content (AvgIpc) is 2.99. The number of halogens is 1. The summed E-state index contributed by atoms with van der Waals surface area (Å²) in [6, 6.07) is 18.3. The van der Waals surface area contributed by atoms with Crippen LogP contribution in [-0.4, -0.2) is 20.0 Å². The van der Waals surface area contributed by atoms with Gasteiger partial charge in [-0.1, -0.05) is 42.1 Å². The van der Waals surface area contributed by atoms with Crippen molar-refractivity contribution in [2.75, 3.05) is 0 Å². The Hall–Kier alpha value is -2.65. The first-order chi connectivity index (χ1) is 11.7. The van der Waals surface area contributed by atoms with Gasteiger partial charge in [-0.2, -0.15) is 5.26 Å². The minimum Gasteiger partial charge on any atom is -0.298 e. The summed E-state index contributed by atoms with van der Waals surface area (Å²) in [5.41, 5.74) is 1.89. The van der Waals surface area contributed by atoms with Crippen molar-refractivity contribution in [3.8, 4) is 17.5 Å². The number of nitrogens with zero attached hydrogens (tertiary/aromatic N) is 4. The van der Waals surface area contributed by atoms with E-state index < -0.39 is 0 Å². The highest BCUT2D eigenvalue weighted by Crippen LogP contribution is 2.27. The van der Waals surface area contributed by atoms with Crippen LogP contribution in [0.3, 0.4) is 0 Å². The zero-order chi connectivity index (χ0) is 16.9. The molecule has 0 aliphatic carbocycles. The molecule has 0 saturated heterocycles. The summed E-state index contributed by atoms with van der Waals surface area (Å²) in [6.45, 7) is 2.41. The lowest BCUT2D eigenvalue weighted by atomic mass is 10.2. The Morgan fingerprint density at radius 1 is 1.12 bits per heavy atom. The molecule has 1 aromatic heterocycles. The van der Waals surface area contributed by atoms with Gasteiger partial charge in [-0.25, -0.2) is 4.39 Å². The minimum atomic E-state index is -0.291. The molecular weight excluding hydrogens is 323 g/mol. The third-order valence-corrected chi connectivity index (χ3v) is 4.44. The van der Waals surface area contributed by atoms with E-state index in [0.29, 0.717) is 17.5 Å². The van der Waals surface area contributed by atoms with E-state index in [1.807, 2.05) is 41.8 Å². The zero-order valence-corrected chi connectivity index (χ0v) is 13.9. The minimum absolute atomic E-state index is 0.232. The summed E-state index contributed by atoms with van der Waals surface area (Å²) in [6.07, 6.45) is 0. The molecule has 2 aromatic carbocycles. The van der Waals surface area contributed by atoms with Crippen molar-refractivity contribution in [3.05, 3.63) is 66.0 Å². The van der Waals surface area contributed by atoms with Crippen LogP contribution < -0.4 is 0 Å². The number of benzene rings is 2. The van der Waals surface area contributed by atoms with E-state index in [1.54, 1.807) is 12.1 Å². The monoisotopic (exact) mass is 338 g/mol. The van der Waals surface area contributed by atoms with Crippen LogP contribution in [0.1, 0.15) is 12.5 Å². The van der Waals surface area contributed by atoms with Gasteiger partial charge in [-0.05, 0) is 36.8 Å². The van der Waals surface area contributed by atoms with Gasteiger partial charge in [0.15, 0.2) is 11.0 Å². The SMILES string of the molecule is C[C@@H](C#N)Sc1nnc(-c2ccc(F)cc2)n1Cc1ccccc1. The molecule has 0 unspecified atom stereocenters. The Labute approximate surface area is 144 Å². The fourth-order valence-corrected chi connectivity index (χ4v) is 3.02. The van der Waals surface area contributed by atoms with Gasteiger partial charge in [-0.3, -0.25) is 4.57 Å². The summed E-state index contributed by atoms with van der Waals surface area (Å²) >= 11 is 1.36. The molecule has 0 fully saturated rings. The first-order valence-corrected chi connectivity index (χ1v) is 8.34. The van der Waals surface area contributed by atoms with Crippen molar-refractivity contribution in [2.45, 2.75) is 23.9 Å². The van der Waals surface area contributed by atoms with E-state index in [9.17, 15) is 4.39 Å². The number of rotatable bonds is 5. The van der Waals surface area contributed by atoms with Gasteiger partial charge in [-0.15, -0.1) is 10.2 Å². The van der Waals surface area contributed by atoms with Crippen LogP contribution in [-0.2, 0) is 6.54 Å². The van der Waals surface area contributed by atoms with E-state index >= 15 is 0 Å².